The Kier molecular flexibility index (Phi) is 5.72. The molecule has 0 aliphatic carbocycles. The van der Waals surface area contributed by atoms with Crippen molar-refractivity contribution in [3.8, 4) is 0 Å². The van der Waals surface area contributed by atoms with Gasteiger partial charge in [0.2, 0.25) is 0 Å². The Labute approximate surface area is 165 Å². The molecule has 27 heavy (non-hydrogen) atoms. The van der Waals surface area contributed by atoms with Gasteiger partial charge in [-0.15, -0.1) is 0 Å². The molecule has 1 aliphatic heterocycles. The van der Waals surface area contributed by atoms with Crippen LogP contribution in [0.5, 0.6) is 0 Å². The Morgan fingerprint density at radius 1 is 1.15 bits per heavy atom. The Bertz CT molecular complexity index is 866. The normalized spacial score (nSPS) is 16.4. The minimum Gasteiger partial charge on any atom is -0.369 e. The van der Waals surface area contributed by atoms with Gasteiger partial charge in [-0.05, 0) is 51.5 Å². The number of benzene rings is 1. The third-order valence-electron chi connectivity index (χ3n) is 5.45. The molecule has 1 aliphatic rings. The molecule has 0 spiro atoms. The molecular formula is C21H26ClN3O2. The van der Waals surface area contributed by atoms with Gasteiger partial charge in [0.15, 0.2) is 11.6 Å². The van der Waals surface area contributed by atoms with Crippen LogP contribution in [-0.2, 0) is 0 Å². The fourth-order valence-electron chi connectivity index (χ4n) is 3.94. The van der Waals surface area contributed by atoms with Crippen LogP contribution < -0.4 is 4.90 Å². The van der Waals surface area contributed by atoms with Crippen molar-refractivity contribution in [3.05, 3.63) is 51.8 Å². The summed E-state index contributed by atoms with van der Waals surface area (Å²) in [6.07, 6.45) is 0. The highest BCUT2D eigenvalue weighted by Crippen LogP contribution is 2.24. The lowest BCUT2D eigenvalue weighted by Crippen LogP contribution is -2.51. The van der Waals surface area contributed by atoms with E-state index in [1.54, 1.807) is 0 Å². The number of carbonyl (C=O) groups excluding carboxylic acids is 2. The monoisotopic (exact) mass is 387 g/mol. The summed E-state index contributed by atoms with van der Waals surface area (Å²) in [7, 11) is 0. The van der Waals surface area contributed by atoms with E-state index in [0.29, 0.717) is 11.3 Å². The summed E-state index contributed by atoms with van der Waals surface area (Å²) in [6, 6.07) is 7.63. The molecule has 1 N–H and O–H groups in total. The van der Waals surface area contributed by atoms with Crippen molar-refractivity contribution >= 4 is 28.9 Å². The zero-order valence-corrected chi connectivity index (χ0v) is 17.1. The third-order valence-corrected chi connectivity index (χ3v) is 5.69. The first-order valence-corrected chi connectivity index (χ1v) is 9.66. The van der Waals surface area contributed by atoms with E-state index >= 15 is 0 Å². The maximum Gasteiger partial charge on any atom is 0.196 e. The highest BCUT2D eigenvalue weighted by Gasteiger charge is 2.29. The topological polar surface area (TPSA) is 56.4 Å². The Morgan fingerprint density at radius 2 is 1.81 bits per heavy atom. The molecule has 0 amide bonds. The average molecular weight is 388 g/mol. The van der Waals surface area contributed by atoms with E-state index < -0.39 is 0 Å². The van der Waals surface area contributed by atoms with E-state index in [-0.39, 0.29) is 17.6 Å². The number of H-pyrrole nitrogens is 1. The molecule has 0 saturated carbocycles. The number of aromatic nitrogens is 1. The molecule has 2 heterocycles. The van der Waals surface area contributed by atoms with Crippen molar-refractivity contribution < 1.29 is 9.59 Å². The molecule has 2 aromatic rings. The first-order valence-electron chi connectivity index (χ1n) is 9.28. The maximum atomic E-state index is 13.0. The molecule has 1 saturated heterocycles. The zero-order valence-electron chi connectivity index (χ0n) is 16.3. The number of piperazine rings is 1. The molecule has 3 rings (SSSR count). The number of hydrogen-bond donors (Lipinski definition) is 1. The van der Waals surface area contributed by atoms with Gasteiger partial charge in [0.05, 0.1) is 11.7 Å². The molecular weight excluding hydrogens is 362 g/mol. The number of nitrogens with one attached hydrogen (secondary N) is 1. The van der Waals surface area contributed by atoms with Gasteiger partial charge in [-0.25, -0.2) is 0 Å². The number of aromatic amines is 1. The van der Waals surface area contributed by atoms with Crippen LogP contribution in [0.25, 0.3) is 0 Å². The minimum absolute atomic E-state index is 0.0110. The van der Waals surface area contributed by atoms with E-state index in [9.17, 15) is 9.59 Å². The molecule has 1 fully saturated rings. The number of Topliss-reactive ketones (excluding diaryl/α,β-unsaturated/α-hetero) is 2. The van der Waals surface area contributed by atoms with Gasteiger partial charge >= 0.3 is 0 Å². The highest BCUT2D eigenvalue weighted by atomic mass is 35.5. The van der Waals surface area contributed by atoms with E-state index in [0.717, 1.165) is 48.1 Å². The third kappa shape index (κ3) is 3.94. The van der Waals surface area contributed by atoms with Crippen molar-refractivity contribution in [2.75, 3.05) is 31.1 Å². The van der Waals surface area contributed by atoms with E-state index in [2.05, 4.69) is 20.9 Å². The number of hydrogen-bond acceptors (Lipinski definition) is 4. The number of halogens is 1. The van der Waals surface area contributed by atoms with E-state index in [1.165, 1.54) is 6.92 Å². The first kappa shape index (κ1) is 19.6. The maximum absolute atomic E-state index is 13.0. The van der Waals surface area contributed by atoms with Gasteiger partial charge in [0, 0.05) is 48.1 Å². The molecule has 0 bridgehead atoms. The summed E-state index contributed by atoms with van der Waals surface area (Å²) >= 11 is 6.10. The lowest BCUT2D eigenvalue weighted by atomic mass is 10.0. The Balaban J connectivity index is 1.69. The minimum atomic E-state index is -0.233. The zero-order chi connectivity index (χ0) is 19.7. The highest BCUT2D eigenvalue weighted by molar-refractivity contribution is 6.30. The fourth-order valence-corrected chi connectivity index (χ4v) is 4.12. The Hall–Kier alpha value is -2.11. The van der Waals surface area contributed by atoms with Crippen LogP contribution in [0, 0.1) is 13.8 Å². The second kappa shape index (κ2) is 7.87. The summed E-state index contributed by atoms with van der Waals surface area (Å²) in [5, 5.41) is 0.734. The molecule has 1 atom stereocenters. The quantitative estimate of drug-likeness (QED) is 0.791. The number of rotatable bonds is 5. The second-order valence-corrected chi connectivity index (χ2v) is 7.66. The van der Waals surface area contributed by atoms with Crippen molar-refractivity contribution in [2.45, 2.75) is 33.7 Å². The lowest BCUT2D eigenvalue weighted by Gasteiger charge is -2.38. The Morgan fingerprint density at radius 3 is 2.37 bits per heavy atom. The van der Waals surface area contributed by atoms with Crippen LogP contribution in [0.4, 0.5) is 5.69 Å². The van der Waals surface area contributed by atoms with Gasteiger partial charge in [-0.1, -0.05) is 17.7 Å². The molecule has 5 nitrogen and oxygen atoms in total. The number of carbonyl (C=O) groups is 2. The second-order valence-electron chi connectivity index (χ2n) is 7.22. The summed E-state index contributed by atoms with van der Waals surface area (Å²) in [5.41, 5.74) is 3.83. The van der Waals surface area contributed by atoms with Crippen LogP contribution in [0.2, 0.25) is 5.02 Å². The molecule has 1 unspecified atom stereocenters. The summed E-state index contributed by atoms with van der Waals surface area (Å²) in [6.45, 7) is 10.5. The van der Waals surface area contributed by atoms with Crippen LogP contribution in [0.1, 0.15) is 46.0 Å². The molecule has 0 radical (unpaired) electrons. The van der Waals surface area contributed by atoms with Gasteiger partial charge in [0.1, 0.15) is 0 Å². The van der Waals surface area contributed by atoms with Gasteiger partial charge in [-0.3, -0.25) is 14.5 Å². The van der Waals surface area contributed by atoms with Crippen molar-refractivity contribution in [1.82, 2.24) is 9.88 Å². The number of anilines is 1. The molecule has 6 heteroatoms. The molecule has 1 aromatic heterocycles. The number of ketones is 2. The predicted molar refractivity (Wildman–Crippen MR) is 109 cm³/mol. The number of nitrogens with zero attached hydrogens (tertiary/aromatic N) is 2. The van der Waals surface area contributed by atoms with Crippen LogP contribution in [0.15, 0.2) is 24.3 Å². The van der Waals surface area contributed by atoms with Crippen molar-refractivity contribution in [2.24, 2.45) is 0 Å². The van der Waals surface area contributed by atoms with Gasteiger partial charge in [-0.2, -0.15) is 0 Å². The summed E-state index contributed by atoms with van der Waals surface area (Å²) < 4.78 is 0. The smallest absolute Gasteiger partial charge is 0.196 e. The largest absolute Gasteiger partial charge is 0.369 e. The summed E-state index contributed by atoms with van der Waals surface area (Å²) in [4.78, 5) is 32.5. The predicted octanol–water partition coefficient (Wildman–Crippen LogP) is 3.88. The molecule has 144 valence electrons. The van der Waals surface area contributed by atoms with Gasteiger partial charge < -0.3 is 9.88 Å². The lowest BCUT2D eigenvalue weighted by molar-refractivity contribution is 0.0824. The van der Waals surface area contributed by atoms with E-state index in [4.69, 9.17) is 11.6 Å². The fraction of sp³-hybridized carbons (Fsp3) is 0.429. The van der Waals surface area contributed by atoms with Gasteiger partial charge in [0.25, 0.3) is 0 Å². The van der Waals surface area contributed by atoms with Crippen molar-refractivity contribution in [1.29, 1.82) is 0 Å². The van der Waals surface area contributed by atoms with Crippen LogP contribution in [-0.4, -0.2) is 53.7 Å². The first-order chi connectivity index (χ1) is 12.8. The SMILES string of the molecule is CC(=O)c1c(C)[nH]c(C(=O)C(C)N2CCN(c3cccc(Cl)c3)CC2)c1C. The molecule has 1 aromatic carbocycles. The summed E-state index contributed by atoms with van der Waals surface area (Å²) in [5.74, 6) is 0.0300. The van der Waals surface area contributed by atoms with Crippen LogP contribution in [0.3, 0.4) is 0 Å². The van der Waals surface area contributed by atoms with Crippen LogP contribution >= 0.6 is 11.6 Å². The average Bonchev–Trinajstić information content (AvgIpc) is 2.95. The van der Waals surface area contributed by atoms with Crippen molar-refractivity contribution in [3.63, 3.8) is 0 Å². The van der Waals surface area contributed by atoms with E-state index in [1.807, 2.05) is 39.0 Å². The number of aryl methyl sites for hydroxylation is 1. The standard InChI is InChI=1S/C21H26ClN3O2/c1-13-19(16(4)26)14(2)23-20(13)21(27)15(3)24-8-10-25(11-9-24)18-7-5-6-17(22)12-18/h5-7,12,15,23H,8-11H2,1-4H3.